The molecule has 4 heteroatoms. The molecule has 1 aliphatic carbocycles. The van der Waals surface area contributed by atoms with E-state index in [1.165, 1.54) is 12.8 Å². The van der Waals surface area contributed by atoms with Gasteiger partial charge in [0.1, 0.15) is 12.2 Å². The summed E-state index contributed by atoms with van der Waals surface area (Å²) < 4.78 is 1.83. The molecule has 4 nitrogen and oxygen atoms in total. The van der Waals surface area contributed by atoms with E-state index >= 15 is 0 Å². The zero-order chi connectivity index (χ0) is 11.8. The summed E-state index contributed by atoms with van der Waals surface area (Å²) in [7, 11) is 1.93. The SMILES string of the molecule is CC1CCC(C)C(N)(Cc2ncnn2C)C1. The van der Waals surface area contributed by atoms with Gasteiger partial charge >= 0.3 is 0 Å². The molecule has 1 aliphatic rings. The van der Waals surface area contributed by atoms with Gasteiger partial charge in [0.15, 0.2) is 0 Å². The Morgan fingerprint density at radius 3 is 2.88 bits per heavy atom. The van der Waals surface area contributed by atoms with Crippen LogP contribution >= 0.6 is 0 Å². The molecule has 16 heavy (non-hydrogen) atoms. The van der Waals surface area contributed by atoms with Gasteiger partial charge in [-0.3, -0.25) is 4.68 Å². The fourth-order valence-electron chi connectivity index (χ4n) is 2.79. The Morgan fingerprint density at radius 1 is 1.50 bits per heavy atom. The van der Waals surface area contributed by atoms with Crippen LogP contribution in [0.4, 0.5) is 0 Å². The Hall–Kier alpha value is -0.900. The van der Waals surface area contributed by atoms with Gasteiger partial charge in [0.05, 0.1) is 0 Å². The van der Waals surface area contributed by atoms with Gasteiger partial charge in [-0.05, 0) is 24.7 Å². The van der Waals surface area contributed by atoms with E-state index in [0.29, 0.717) is 5.92 Å². The average molecular weight is 222 g/mol. The zero-order valence-corrected chi connectivity index (χ0v) is 10.5. The molecule has 2 rings (SSSR count). The molecule has 3 atom stereocenters. The minimum Gasteiger partial charge on any atom is -0.324 e. The maximum absolute atomic E-state index is 6.57. The van der Waals surface area contributed by atoms with Crippen molar-refractivity contribution < 1.29 is 0 Å². The predicted octanol–water partition coefficient (Wildman–Crippen LogP) is 1.51. The second kappa shape index (κ2) is 4.17. The molecular weight excluding hydrogens is 200 g/mol. The van der Waals surface area contributed by atoms with Crippen molar-refractivity contribution in [1.29, 1.82) is 0 Å². The summed E-state index contributed by atoms with van der Waals surface area (Å²) >= 11 is 0. The van der Waals surface area contributed by atoms with E-state index in [2.05, 4.69) is 23.9 Å². The molecule has 2 N–H and O–H groups in total. The lowest BCUT2D eigenvalue weighted by Gasteiger charge is -2.42. The maximum Gasteiger partial charge on any atom is 0.138 e. The Balaban J connectivity index is 2.14. The molecule has 0 amide bonds. The first-order valence-corrected chi connectivity index (χ1v) is 6.13. The number of nitrogens with two attached hydrogens (primary N) is 1. The van der Waals surface area contributed by atoms with Gasteiger partial charge in [-0.1, -0.05) is 20.3 Å². The van der Waals surface area contributed by atoms with Gasteiger partial charge in [-0.25, -0.2) is 4.98 Å². The lowest BCUT2D eigenvalue weighted by molar-refractivity contribution is 0.157. The number of rotatable bonds is 2. The van der Waals surface area contributed by atoms with Crippen LogP contribution in [0.3, 0.4) is 0 Å². The summed E-state index contributed by atoms with van der Waals surface area (Å²) in [5.41, 5.74) is 6.47. The summed E-state index contributed by atoms with van der Waals surface area (Å²) in [5, 5.41) is 4.11. The smallest absolute Gasteiger partial charge is 0.138 e. The molecule has 0 aliphatic heterocycles. The van der Waals surface area contributed by atoms with E-state index in [9.17, 15) is 0 Å². The first-order chi connectivity index (χ1) is 7.51. The molecule has 1 saturated carbocycles. The first-order valence-electron chi connectivity index (χ1n) is 6.13. The minimum absolute atomic E-state index is 0.0988. The molecular formula is C12H22N4. The van der Waals surface area contributed by atoms with E-state index < -0.39 is 0 Å². The van der Waals surface area contributed by atoms with Crippen molar-refractivity contribution in [2.24, 2.45) is 24.6 Å². The highest BCUT2D eigenvalue weighted by molar-refractivity contribution is 5.02. The number of hydrogen-bond acceptors (Lipinski definition) is 3. The Morgan fingerprint density at radius 2 is 2.25 bits per heavy atom. The van der Waals surface area contributed by atoms with E-state index in [0.717, 1.165) is 24.6 Å². The topological polar surface area (TPSA) is 56.7 Å². The average Bonchev–Trinajstić information content (AvgIpc) is 2.59. The minimum atomic E-state index is -0.0988. The number of aromatic nitrogens is 3. The second-order valence-corrected chi connectivity index (χ2v) is 5.50. The summed E-state index contributed by atoms with van der Waals surface area (Å²) in [6.45, 7) is 4.56. The maximum atomic E-state index is 6.57. The van der Waals surface area contributed by atoms with Gasteiger partial charge < -0.3 is 5.73 Å². The Bertz CT molecular complexity index is 360. The Labute approximate surface area is 97.2 Å². The van der Waals surface area contributed by atoms with Crippen molar-refractivity contribution in [3.63, 3.8) is 0 Å². The highest BCUT2D eigenvalue weighted by Crippen LogP contribution is 2.36. The van der Waals surface area contributed by atoms with Crippen molar-refractivity contribution in [1.82, 2.24) is 14.8 Å². The van der Waals surface area contributed by atoms with Crippen LogP contribution in [0, 0.1) is 11.8 Å². The summed E-state index contributed by atoms with van der Waals surface area (Å²) in [4.78, 5) is 4.29. The standard InChI is InChI=1S/C12H22N4/c1-9-4-5-10(2)12(13,6-9)7-11-14-8-15-16(11)3/h8-10H,4-7,13H2,1-3H3. The van der Waals surface area contributed by atoms with E-state index in [1.54, 1.807) is 6.33 Å². The molecule has 0 aromatic carbocycles. The van der Waals surface area contributed by atoms with Crippen molar-refractivity contribution in [2.75, 3.05) is 0 Å². The lowest BCUT2D eigenvalue weighted by Crippen LogP contribution is -2.52. The van der Waals surface area contributed by atoms with Crippen molar-refractivity contribution >= 4 is 0 Å². The zero-order valence-electron chi connectivity index (χ0n) is 10.5. The molecule has 0 saturated heterocycles. The lowest BCUT2D eigenvalue weighted by atomic mass is 9.68. The molecule has 1 aromatic rings. The van der Waals surface area contributed by atoms with Gasteiger partial charge in [-0.15, -0.1) is 0 Å². The van der Waals surface area contributed by atoms with E-state index in [1.807, 2.05) is 11.7 Å². The molecule has 3 unspecified atom stereocenters. The molecule has 0 bridgehead atoms. The third-order valence-corrected chi connectivity index (χ3v) is 4.09. The molecule has 0 radical (unpaired) electrons. The molecule has 1 fully saturated rings. The fraction of sp³-hybridized carbons (Fsp3) is 0.833. The third kappa shape index (κ3) is 2.12. The van der Waals surface area contributed by atoms with Gasteiger partial charge in [0.25, 0.3) is 0 Å². The molecule has 90 valence electrons. The van der Waals surface area contributed by atoms with Crippen LogP contribution in [-0.4, -0.2) is 20.3 Å². The number of hydrogen-bond donors (Lipinski definition) is 1. The van der Waals surface area contributed by atoms with Crippen molar-refractivity contribution in [3.05, 3.63) is 12.2 Å². The molecule has 0 spiro atoms. The highest BCUT2D eigenvalue weighted by Gasteiger charge is 2.38. The summed E-state index contributed by atoms with van der Waals surface area (Å²) in [5.74, 6) is 2.30. The van der Waals surface area contributed by atoms with Gasteiger partial charge in [0.2, 0.25) is 0 Å². The van der Waals surface area contributed by atoms with Crippen LogP contribution in [0.1, 0.15) is 38.9 Å². The van der Waals surface area contributed by atoms with E-state index in [4.69, 9.17) is 5.73 Å². The largest absolute Gasteiger partial charge is 0.324 e. The fourth-order valence-corrected chi connectivity index (χ4v) is 2.79. The number of nitrogens with zero attached hydrogens (tertiary/aromatic N) is 3. The molecule has 1 heterocycles. The predicted molar refractivity (Wildman–Crippen MR) is 63.8 cm³/mol. The van der Waals surface area contributed by atoms with Crippen LogP contribution in [0.2, 0.25) is 0 Å². The second-order valence-electron chi connectivity index (χ2n) is 5.50. The summed E-state index contributed by atoms with van der Waals surface area (Å²) in [6, 6.07) is 0. The third-order valence-electron chi connectivity index (χ3n) is 4.09. The highest BCUT2D eigenvalue weighted by atomic mass is 15.3. The first kappa shape index (κ1) is 11.6. The Kier molecular flexibility index (Phi) is 3.02. The van der Waals surface area contributed by atoms with E-state index in [-0.39, 0.29) is 5.54 Å². The van der Waals surface area contributed by atoms with Crippen LogP contribution < -0.4 is 5.73 Å². The van der Waals surface area contributed by atoms with Crippen LogP contribution in [0.5, 0.6) is 0 Å². The number of aryl methyl sites for hydroxylation is 1. The van der Waals surface area contributed by atoms with Crippen LogP contribution in [0.25, 0.3) is 0 Å². The monoisotopic (exact) mass is 222 g/mol. The summed E-state index contributed by atoms with van der Waals surface area (Å²) in [6.07, 6.45) is 6.08. The van der Waals surface area contributed by atoms with Gasteiger partial charge in [0, 0.05) is 19.0 Å². The normalized spacial score (nSPS) is 35.2. The van der Waals surface area contributed by atoms with Crippen molar-refractivity contribution in [2.45, 2.75) is 45.1 Å². The van der Waals surface area contributed by atoms with Crippen LogP contribution in [-0.2, 0) is 13.5 Å². The van der Waals surface area contributed by atoms with Gasteiger partial charge in [-0.2, -0.15) is 5.10 Å². The molecule has 1 aromatic heterocycles. The van der Waals surface area contributed by atoms with Crippen LogP contribution in [0.15, 0.2) is 6.33 Å². The quantitative estimate of drug-likeness (QED) is 0.825. The van der Waals surface area contributed by atoms with Crippen molar-refractivity contribution in [3.8, 4) is 0 Å².